The van der Waals surface area contributed by atoms with Crippen LogP contribution >= 0.6 is 0 Å². The second kappa shape index (κ2) is 7.10. The van der Waals surface area contributed by atoms with Crippen LogP contribution in [0.2, 0.25) is 0 Å². The van der Waals surface area contributed by atoms with Gasteiger partial charge in [-0.05, 0) is 43.7 Å². The van der Waals surface area contributed by atoms with Gasteiger partial charge < -0.3 is 19.9 Å². The Labute approximate surface area is 134 Å². The summed E-state index contributed by atoms with van der Waals surface area (Å²) in [6.45, 7) is 0.329. The number of nitrogens with one attached hydrogen (secondary N) is 1. The van der Waals surface area contributed by atoms with E-state index in [1.807, 2.05) is 6.07 Å². The lowest BCUT2D eigenvalue weighted by molar-refractivity contribution is -0.139. The van der Waals surface area contributed by atoms with E-state index in [-0.39, 0.29) is 24.0 Å². The molecule has 1 saturated carbocycles. The Bertz CT molecular complexity index is 561. The van der Waals surface area contributed by atoms with Crippen molar-refractivity contribution in [2.24, 2.45) is 5.92 Å². The minimum atomic E-state index is -1.00. The number of hydrogen-bond donors (Lipinski definition) is 2. The Balaban J connectivity index is 1.59. The molecule has 0 radical (unpaired) electrons. The predicted octanol–water partition coefficient (Wildman–Crippen LogP) is 1.80. The maximum Gasteiger partial charge on any atom is 0.326 e. The van der Waals surface area contributed by atoms with Gasteiger partial charge in [0.1, 0.15) is 12.8 Å². The van der Waals surface area contributed by atoms with Crippen molar-refractivity contribution in [3.8, 4) is 0 Å². The zero-order chi connectivity index (χ0) is 16.2. The molecule has 0 spiro atoms. The summed E-state index contributed by atoms with van der Waals surface area (Å²) in [6, 6.07) is 7.78. The fraction of sp³-hybridized carbons (Fsp3) is 0.529. The van der Waals surface area contributed by atoms with Crippen LogP contribution < -0.4 is 5.32 Å². The standard InChI is InChI=1S/C17H21NO5/c19-16(12-4-2-1-3-5-12)18-13(17(20)21)8-11-6-7-14-15(9-11)23-10-22-14/h1-5,11,13-15H,6-10H2,(H,18,19)(H,20,21)/t11-,13+,14-,15-/m1/s1. The molecule has 1 aliphatic heterocycles. The van der Waals surface area contributed by atoms with Crippen molar-refractivity contribution in [1.29, 1.82) is 0 Å². The summed E-state index contributed by atoms with van der Waals surface area (Å²) in [5, 5.41) is 12.0. The summed E-state index contributed by atoms with van der Waals surface area (Å²) >= 11 is 0. The smallest absolute Gasteiger partial charge is 0.326 e. The van der Waals surface area contributed by atoms with Gasteiger partial charge in [0.05, 0.1) is 12.2 Å². The predicted molar refractivity (Wildman–Crippen MR) is 81.9 cm³/mol. The van der Waals surface area contributed by atoms with Crippen LogP contribution in [0.25, 0.3) is 0 Å². The molecule has 6 nitrogen and oxygen atoms in total. The van der Waals surface area contributed by atoms with Crippen molar-refractivity contribution in [3.63, 3.8) is 0 Å². The fourth-order valence-corrected chi connectivity index (χ4v) is 3.36. The Hall–Kier alpha value is -1.92. The number of carboxylic acids is 1. The van der Waals surface area contributed by atoms with Crippen LogP contribution in [-0.2, 0) is 14.3 Å². The van der Waals surface area contributed by atoms with E-state index >= 15 is 0 Å². The molecule has 23 heavy (non-hydrogen) atoms. The molecule has 2 aliphatic rings. The molecule has 1 amide bonds. The van der Waals surface area contributed by atoms with E-state index in [1.165, 1.54) is 0 Å². The third kappa shape index (κ3) is 3.89. The number of fused-ring (bicyclic) bond motifs is 1. The largest absolute Gasteiger partial charge is 0.480 e. The van der Waals surface area contributed by atoms with Gasteiger partial charge in [0.25, 0.3) is 5.91 Å². The van der Waals surface area contributed by atoms with E-state index in [0.29, 0.717) is 18.8 Å². The monoisotopic (exact) mass is 319 g/mol. The number of aliphatic carboxylic acids is 1. The summed E-state index contributed by atoms with van der Waals surface area (Å²) in [4.78, 5) is 23.7. The van der Waals surface area contributed by atoms with Gasteiger partial charge in [0.2, 0.25) is 0 Å². The van der Waals surface area contributed by atoms with E-state index in [4.69, 9.17) is 9.47 Å². The number of hydrogen-bond acceptors (Lipinski definition) is 4. The lowest BCUT2D eigenvalue weighted by Gasteiger charge is -2.31. The topological polar surface area (TPSA) is 84.9 Å². The van der Waals surface area contributed by atoms with Gasteiger partial charge in [0, 0.05) is 5.56 Å². The molecule has 1 heterocycles. The van der Waals surface area contributed by atoms with Gasteiger partial charge in [-0.3, -0.25) is 4.79 Å². The molecular formula is C17H21NO5. The van der Waals surface area contributed by atoms with Gasteiger partial charge in [-0.15, -0.1) is 0 Å². The average Bonchev–Trinajstić information content (AvgIpc) is 3.02. The van der Waals surface area contributed by atoms with Crippen LogP contribution in [0.5, 0.6) is 0 Å². The molecule has 1 aromatic carbocycles. The molecule has 1 aliphatic carbocycles. The van der Waals surface area contributed by atoms with Crippen molar-refractivity contribution in [3.05, 3.63) is 35.9 Å². The van der Waals surface area contributed by atoms with Gasteiger partial charge in [-0.2, -0.15) is 0 Å². The van der Waals surface area contributed by atoms with Crippen LogP contribution in [0.3, 0.4) is 0 Å². The minimum absolute atomic E-state index is 0.0630. The maximum absolute atomic E-state index is 12.2. The summed E-state index contributed by atoms with van der Waals surface area (Å²) < 4.78 is 11.0. The molecule has 0 aromatic heterocycles. The summed E-state index contributed by atoms with van der Waals surface area (Å²) in [5.41, 5.74) is 0.468. The number of ether oxygens (including phenoxy) is 2. The number of carboxylic acid groups (broad SMARTS) is 1. The van der Waals surface area contributed by atoms with Gasteiger partial charge in [0.15, 0.2) is 0 Å². The zero-order valence-electron chi connectivity index (χ0n) is 12.8. The first-order valence-corrected chi connectivity index (χ1v) is 7.95. The molecule has 124 valence electrons. The van der Waals surface area contributed by atoms with E-state index in [9.17, 15) is 14.7 Å². The first kappa shape index (κ1) is 16.0. The molecule has 2 N–H and O–H groups in total. The summed E-state index contributed by atoms with van der Waals surface area (Å²) in [6.07, 6.45) is 3.20. The molecule has 1 aromatic rings. The Kier molecular flexibility index (Phi) is 4.93. The highest BCUT2D eigenvalue weighted by atomic mass is 16.7. The van der Waals surface area contributed by atoms with Crippen molar-refractivity contribution < 1.29 is 24.2 Å². The second-order valence-electron chi connectivity index (χ2n) is 6.17. The van der Waals surface area contributed by atoms with E-state index < -0.39 is 12.0 Å². The van der Waals surface area contributed by atoms with Gasteiger partial charge in [-0.25, -0.2) is 4.79 Å². The van der Waals surface area contributed by atoms with E-state index in [2.05, 4.69) is 5.32 Å². The lowest BCUT2D eigenvalue weighted by atomic mass is 9.81. The molecule has 1 saturated heterocycles. The molecule has 2 fully saturated rings. The number of carbonyl (C=O) groups excluding carboxylic acids is 1. The van der Waals surface area contributed by atoms with E-state index in [0.717, 1.165) is 19.3 Å². The lowest BCUT2D eigenvalue weighted by Crippen LogP contribution is -2.43. The maximum atomic E-state index is 12.2. The Morgan fingerprint density at radius 3 is 2.65 bits per heavy atom. The fourth-order valence-electron chi connectivity index (χ4n) is 3.36. The molecule has 0 bridgehead atoms. The van der Waals surface area contributed by atoms with Crippen LogP contribution in [0, 0.1) is 5.92 Å². The number of amides is 1. The van der Waals surface area contributed by atoms with Crippen LogP contribution in [0.1, 0.15) is 36.0 Å². The number of rotatable bonds is 5. The summed E-state index contributed by atoms with van der Waals surface area (Å²) in [5.74, 6) is -1.14. The van der Waals surface area contributed by atoms with Crippen molar-refractivity contribution in [2.75, 3.05) is 6.79 Å². The zero-order valence-corrected chi connectivity index (χ0v) is 12.8. The van der Waals surface area contributed by atoms with Crippen molar-refractivity contribution in [1.82, 2.24) is 5.32 Å². The van der Waals surface area contributed by atoms with Crippen LogP contribution in [0.15, 0.2) is 30.3 Å². The second-order valence-corrected chi connectivity index (χ2v) is 6.17. The normalized spacial score (nSPS) is 27.9. The first-order chi connectivity index (χ1) is 11.1. The third-order valence-corrected chi connectivity index (χ3v) is 4.61. The van der Waals surface area contributed by atoms with Crippen molar-refractivity contribution >= 4 is 11.9 Å². The van der Waals surface area contributed by atoms with E-state index in [1.54, 1.807) is 24.3 Å². The Morgan fingerprint density at radius 1 is 1.17 bits per heavy atom. The number of carbonyl (C=O) groups is 2. The molecule has 0 unspecified atom stereocenters. The van der Waals surface area contributed by atoms with Gasteiger partial charge in [-0.1, -0.05) is 18.2 Å². The van der Waals surface area contributed by atoms with Crippen LogP contribution in [-0.4, -0.2) is 42.0 Å². The average molecular weight is 319 g/mol. The van der Waals surface area contributed by atoms with Crippen LogP contribution in [0.4, 0.5) is 0 Å². The molecule has 3 rings (SSSR count). The Morgan fingerprint density at radius 2 is 1.91 bits per heavy atom. The minimum Gasteiger partial charge on any atom is -0.480 e. The number of benzene rings is 1. The highest BCUT2D eigenvalue weighted by Crippen LogP contribution is 2.34. The molecule has 4 atom stereocenters. The molecular weight excluding hydrogens is 298 g/mol. The highest BCUT2D eigenvalue weighted by Gasteiger charge is 2.37. The first-order valence-electron chi connectivity index (χ1n) is 7.95. The summed E-state index contributed by atoms with van der Waals surface area (Å²) in [7, 11) is 0. The van der Waals surface area contributed by atoms with Crippen molar-refractivity contribution in [2.45, 2.75) is 43.9 Å². The highest BCUT2D eigenvalue weighted by molar-refractivity contribution is 5.96. The quantitative estimate of drug-likeness (QED) is 0.864. The van der Waals surface area contributed by atoms with Gasteiger partial charge >= 0.3 is 5.97 Å². The SMILES string of the molecule is O=C(N[C@@H](C[C@H]1CC[C@H]2OCO[C@@H]2C1)C(=O)O)c1ccccc1. The third-order valence-electron chi connectivity index (χ3n) is 4.61. The molecule has 6 heteroatoms.